The molecular formula is C18H14FNOS. The van der Waals surface area contributed by atoms with E-state index in [0.29, 0.717) is 17.7 Å². The highest BCUT2D eigenvalue weighted by Crippen LogP contribution is 2.46. The van der Waals surface area contributed by atoms with Gasteiger partial charge in [-0.3, -0.25) is 0 Å². The molecule has 2 aromatic carbocycles. The summed E-state index contributed by atoms with van der Waals surface area (Å²) >= 11 is 1.58. The summed E-state index contributed by atoms with van der Waals surface area (Å²) < 4.78 is 20.1. The molecule has 0 radical (unpaired) electrons. The third kappa shape index (κ3) is 2.25. The maximum atomic E-state index is 14.2. The molecule has 1 unspecified atom stereocenters. The summed E-state index contributed by atoms with van der Waals surface area (Å²) in [6.45, 7) is 0.546. The summed E-state index contributed by atoms with van der Waals surface area (Å²) in [5.41, 5.74) is 6.13. The van der Waals surface area contributed by atoms with Gasteiger partial charge in [-0.1, -0.05) is 42.5 Å². The van der Waals surface area contributed by atoms with Crippen LogP contribution in [0.5, 0.6) is 0 Å². The van der Waals surface area contributed by atoms with Crippen molar-refractivity contribution in [2.75, 3.05) is 6.61 Å². The topological polar surface area (TPSA) is 22.1 Å². The molecular weight excluding hydrogens is 297 g/mol. The van der Waals surface area contributed by atoms with Crippen LogP contribution in [0.15, 0.2) is 53.4 Å². The minimum atomic E-state index is -0.237. The summed E-state index contributed by atoms with van der Waals surface area (Å²) in [7, 11) is 0. The van der Waals surface area contributed by atoms with Crippen LogP contribution in [0.4, 0.5) is 4.39 Å². The van der Waals surface area contributed by atoms with E-state index in [4.69, 9.17) is 4.74 Å². The molecule has 1 aromatic heterocycles. The Labute approximate surface area is 132 Å². The summed E-state index contributed by atoms with van der Waals surface area (Å²) in [5.74, 6) is -0.125. The second-order valence-corrected chi connectivity index (χ2v) is 6.00. The van der Waals surface area contributed by atoms with E-state index >= 15 is 0 Å². The zero-order valence-electron chi connectivity index (χ0n) is 11.8. The quantitative estimate of drug-likeness (QED) is 0.686. The molecule has 4 heteroatoms. The van der Waals surface area contributed by atoms with Crippen LogP contribution in [0.25, 0.3) is 11.1 Å². The second-order valence-electron chi connectivity index (χ2n) is 5.28. The molecule has 2 bridgehead atoms. The van der Waals surface area contributed by atoms with E-state index in [1.807, 2.05) is 53.4 Å². The normalized spacial score (nSPS) is 15.6. The number of rotatable bonds is 5. The SMILES string of the molecule is FC1=C2C=CC(c3ccccc3)=C1C2OCCc1cscn1. The zero-order chi connectivity index (χ0) is 14.9. The highest BCUT2D eigenvalue weighted by Gasteiger charge is 2.35. The minimum absolute atomic E-state index is 0.125. The number of benzene rings is 2. The van der Waals surface area contributed by atoms with Crippen LogP contribution in [0, 0.1) is 5.82 Å². The van der Waals surface area contributed by atoms with Crippen molar-refractivity contribution in [3.63, 3.8) is 0 Å². The van der Waals surface area contributed by atoms with Crippen molar-refractivity contribution < 1.29 is 9.13 Å². The average Bonchev–Trinajstić information content (AvgIpc) is 3.09. The van der Waals surface area contributed by atoms with Crippen molar-refractivity contribution in [2.45, 2.75) is 12.5 Å². The number of thiazole rings is 1. The molecule has 0 saturated carbocycles. The van der Waals surface area contributed by atoms with Crippen molar-refractivity contribution >= 4 is 11.3 Å². The number of aromatic nitrogens is 1. The molecule has 0 N–H and O–H groups in total. The van der Waals surface area contributed by atoms with E-state index in [0.717, 1.165) is 23.2 Å². The van der Waals surface area contributed by atoms with E-state index in [1.165, 1.54) is 0 Å². The lowest BCUT2D eigenvalue weighted by atomic mass is 9.81. The Morgan fingerprint density at radius 3 is 2.73 bits per heavy atom. The van der Waals surface area contributed by atoms with E-state index in [-0.39, 0.29) is 11.9 Å². The summed E-state index contributed by atoms with van der Waals surface area (Å²) in [5, 5.41) is 2.01. The van der Waals surface area contributed by atoms with Gasteiger partial charge in [-0.25, -0.2) is 9.37 Å². The zero-order valence-corrected chi connectivity index (χ0v) is 12.6. The fourth-order valence-corrected chi connectivity index (χ4v) is 3.42. The van der Waals surface area contributed by atoms with E-state index < -0.39 is 0 Å². The summed E-state index contributed by atoms with van der Waals surface area (Å²) in [6, 6.07) is 13.7. The fourth-order valence-electron chi connectivity index (χ4n) is 2.83. The van der Waals surface area contributed by atoms with Gasteiger partial charge in [-0.2, -0.15) is 0 Å². The van der Waals surface area contributed by atoms with Crippen LogP contribution < -0.4 is 0 Å². The number of hydrogen-bond acceptors (Lipinski definition) is 3. The Kier molecular flexibility index (Phi) is 3.48. The Balaban J connectivity index is 1.53. The van der Waals surface area contributed by atoms with Crippen molar-refractivity contribution in [2.24, 2.45) is 0 Å². The van der Waals surface area contributed by atoms with Crippen LogP contribution in [0.3, 0.4) is 0 Å². The van der Waals surface area contributed by atoms with Gasteiger partial charge >= 0.3 is 0 Å². The molecule has 22 heavy (non-hydrogen) atoms. The first-order valence-electron chi connectivity index (χ1n) is 7.21. The van der Waals surface area contributed by atoms with Crippen molar-refractivity contribution in [1.29, 1.82) is 0 Å². The predicted molar refractivity (Wildman–Crippen MR) is 85.4 cm³/mol. The second kappa shape index (κ2) is 5.63. The lowest BCUT2D eigenvalue weighted by Crippen LogP contribution is -2.22. The molecule has 0 amide bonds. The molecule has 110 valence electrons. The summed E-state index contributed by atoms with van der Waals surface area (Å²) in [6.07, 6.45) is 0.519. The smallest absolute Gasteiger partial charge is 0.136 e. The molecule has 0 aliphatic heterocycles. The van der Waals surface area contributed by atoms with Gasteiger partial charge in [0, 0.05) is 22.9 Å². The number of hydrogen-bond donors (Lipinski definition) is 0. The Morgan fingerprint density at radius 1 is 1.14 bits per heavy atom. The highest BCUT2D eigenvalue weighted by atomic mass is 32.1. The molecule has 1 atom stereocenters. The molecule has 1 aliphatic carbocycles. The Hall–Kier alpha value is -2.04. The van der Waals surface area contributed by atoms with E-state index in [2.05, 4.69) is 4.98 Å². The van der Waals surface area contributed by atoms with Crippen LogP contribution >= 0.6 is 11.3 Å². The minimum Gasteiger partial charge on any atom is -0.368 e. The van der Waals surface area contributed by atoms with Crippen LogP contribution in [0.1, 0.15) is 22.9 Å². The molecule has 3 aromatic rings. The predicted octanol–water partition coefficient (Wildman–Crippen LogP) is 4.61. The molecule has 0 saturated heterocycles. The third-order valence-corrected chi connectivity index (χ3v) is 4.60. The van der Waals surface area contributed by atoms with E-state index in [1.54, 1.807) is 11.3 Å². The molecule has 2 nitrogen and oxygen atoms in total. The lowest BCUT2D eigenvalue weighted by Gasteiger charge is -2.32. The fraction of sp³-hybridized carbons (Fsp3) is 0.167. The Morgan fingerprint density at radius 2 is 2.00 bits per heavy atom. The van der Waals surface area contributed by atoms with Crippen LogP contribution in [0.2, 0.25) is 0 Å². The van der Waals surface area contributed by atoms with Gasteiger partial charge in [0.2, 0.25) is 0 Å². The maximum Gasteiger partial charge on any atom is 0.136 e. The van der Waals surface area contributed by atoms with Crippen LogP contribution in [-0.2, 0) is 11.2 Å². The van der Waals surface area contributed by atoms with Crippen molar-refractivity contribution in [1.82, 2.24) is 4.98 Å². The van der Waals surface area contributed by atoms with Gasteiger partial charge in [-0.05, 0) is 11.1 Å². The van der Waals surface area contributed by atoms with Crippen molar-refractivity contribution in [3.05, 3.63) is 76.0 Å². The largest absolute Gasteiger partial charge is 0.368 e. The van der Waals surface area contributed by atoms with Gasteiger partial charge in [0.15, 0.2) is 0 Å². The van der Waals surface area contributed by atoms with E-state index in [9.17, 15) is 4.39 Å². The highest BCUT2D eigenvalue weighted by molar-refractivity contribution is 7.07. The van der Waals surface area contributed by atoms with Crippen molar-refractivity contribution in [3.8, 4) is 11.1 Å². The first-order valence-corrected chi connectivity index (χ1v) is 8.15. The van der Waals surface area contributed by atoms with Gasteiger partial charge in [0.05, 0.1) is 17.8 Å². The summed E-state index contributed by atoms with van der Waals surface area (Å²) in [4.78, 5) is 4.23. The molecule has 0 fully saturated rings. The average molecular weight is 311 g/mol. The van der Waals surface area contributed by atoms with Gasteiger partial charge in [-0.15, -0.1) is 11.3 Å². The number of fused-ring (bicyclic) bond motifs is 2. The van der Waals surface area contributed by atoms with Gasteiger partial charge in [0.1, 0.15) is 11.9 Å². The van der Waals surface area contributed by atoms with Gasteiger partial charge in [0.25, 0.3) is 0 Å². The molecule has 0 spiro atoms. The number of ether oxygens (including phenoxy) is 1. The molecule has 1 aliphatic rings. The first-order chi connectivity index (χ1) is 10.8. The maximum absolute atomic E-state index is 14.2. The monoisotopic (exact) mass is 311 g/mol. The third-order valence-electron chi connectivity index (χ3n) is 3.97. The first kappa shape index (κ1) is 13.6. The lowest BCUT2D eigenvalue weighted by molar-refractivity contribution is 0.0642. The molecule has 4 rings (SSSR count). The van der Waals surface area contributed by atoms with Crippen LogP contribution in [-0.4, -0.2) is 11.6 Å². The standard InChI is InChI=1S/C18H14FNOS/c19-17-15-7-6-14(12-4-2-1-3-5-12)16(17)18(15)21-9-8-13-10-22-11-20-13/h1-7,10-11,18H,8-9H2. The Bertz CT molecular complexity index is 786. The number of halogens is 1. The molecule has 1 heterocycles. The number of nitrogens with zero attached hydrogens (tertiary/aromatic N) is 1. The van der Waals surface area contributed by atoms with Gasteiger partial charge < -0.3 is 4.74 Å².